The van der Waals surface area contributed by atoms with Crippen molar-refractivity contribution in [1.29, 1.82) is 0 Å². The minimum Gasteiger partial charge on any atom is -0.406 e. The van der Waals surface area contributed by atoms with Crippen LogP contribution in [0.1, 0.15) is 13.3 Å². The summed E-state index contributed by atoms with van der Waals surface area (Å²) in [5, 5.41) is 0. The van der Waals surface area contributed by atoms with Gasteiger partial charge in [-0.05, 0) is 37.2 Å². The van der Waals surface area contributed by atoms with Crippen LogP contribution in [0.2, 0.25) is 0 Å². The van der Waals surface area contributed by atoms with Crippen LogP contribution in [0, 0.1) is 0 Å². The fraction of sp³-hybridized carbons (Fsp3) is 0.571. The predicted octanol–water partition coefficient (Wildman–Crippen LogP) is 2.30. The van der Waals surface area contributed by atoms with Gasteiger partial charge in [-0.15, -0.1) is 13.2 Å². The number of sulfonamides is 1. The molecule has 2 rings (SSSR count). The van der Waals surface area contributed by atoms with Gasteiger partial charge in [-0.25, -0.2) is 8.42 Å². The number of alkyl halides is 3. The summed E-state index contributed by atoms with van der Waals surface area (Å²) in [6, 6.07) is 4.28. The van der Waals surface area contributed by atoms with Crippen molar-refractivity contribution in [3.05, 3.63) is 24.3 Å². The molecule has 1 aromatic carbocycles. The van der Waals surface area contributed by atoms with Crippen LogP contribution < -0.4 is 4.74 Å². The molecule has 0 atom stereocenters. The van der Waals surface area contributed by atoms with Crippen molar-refractivity contribution in [1.82, 2.24) is 9.21 Å². The van der Waals surface area contributed by atoms with Gasteiger partial charge in [-0.2, -0.15) is 4.31 Å². The first-order valence-electron chi connectivity index (χ1n) is 7.30. The van der Waals surface area contributed by atoms with Crippen LogP contribution in [0.4, 0.5) is 13.2 Å². The molecule has 0 aliphatic carbocycles. The van der Waals surface area contributed by atoms with Crippen molar-refractivity contribution >= 4 is 10.0 Å². The molecule has 1 fully saturated rings. The maximum absolute atomic E-state index is 12.5. The van der Waals surface area contributed by atoms with Crippen LogP contribution in [0.15, 0.2) is 29.2 Å². The lowest BCUT2D eigenvalue weighted by Gasteiger charge is -2.33. The molecule has 0 saturated carbocycles. The standard InChI is InChI=1S/C14H19F3N2O3S/c1-2-7-18-8-10-19(11-9-18)23(20,21)13-5-3-12(4-6-13)22-14(15,16)17/h3-6H,2,7-11H2,1H3. The molecule has 5 nitrogen and oxygen atoms in total. The van der Waals surface area contributed by atoms with Gasteiger partial charge in [-0.1, -0.05) is 6.92 Å². The average molecular weight is 352 g/mol. The van der Waals surface area contributed by atoms with E-state index < -0.39 is 22.1 Å². The predicted molar refractivity (Wildman–Crippen MR) is 78.6 cm³/mol. The number of piperazine rings is 1. The number of hydrogen-bond acceptors (Lipinski definition) is 4. The van der Waals surface area contributed by atoms with E-state index in [1.54, 1.807) is 0 Å². The molecule has 0 radical (unpaired) electrons. The van der Waals surface area contributed by atoms with E-state index in [0.29, 0.717) is 26.2 Å². The van der Waals surface area contributed by atoms with Gasteiger partial charge in [0.1, 0.15) is 5.75 Å². The molecule has 1 saturated heterocycles. The third-order valence-corrected chi connectivity index (χ3v) is 5.48. The highest BCUT2D eigenvalue weighted by Crippen LogP contribution is 2.25. The molecule has 1 aliphatic heterocycles. The van der Waals surface area contributed by atoms with Gasteiger partial charge in [-0.3, -0.25) is 0 Å². The number of halogens is 3. The lowest BCUT2D eigenvalue weighted by Crippen LogP contribution is -2.48. The van der Waals surface area contributed by atoms with E-state index in [4.69, 9.17) is 0 Å². The summed E-state index contributed by atoms with van der Waals surface area (Å²) in [5.74, 6) is -0.441. The number of benzene rings is 1. The van der Waals surface area contributed by atoms with E-state index in [-0.39, 0.29) is 4.90 Å². The molecule has 1 aliphatic rings. The Morgan fingerprint density at radius 2 is 1.65 bits per heavy atom. The summed E-state index contributed by atoms with van der Waals surface area (Å²) < 4.78 is 66.4. The minimum absolute atomic E-state index is 0.0315. The Balaban J connectivity index is 2.05. The fourth-order valence-corrected chi connectivity index (χ4v) is 3.89. The summed E-state index contributed by atoms with van der Waals surface area (Å²) in [7, 11) is -3.69. The minimum atomic E-state index is -4.80. The number of nitrogens with zero attached hydrogens (tertiary/aromatic N) is 2. The summed E-state index contributed by atoms with van der Waals surface area (Å²) in [6.07, 6.45) is -3.79. The van der Waals surface area contributed by atoms with Gasteiger partial charge in [0.25, 0.3) is 0 Å². The topological polar surface area (TPSA) is 49.9 Å². The monoisotopic (exact) mass is 352 g/mol. The Labute approximate surface area is 133 Å². The van der Waals surface area contributed by atoms with Gasteiger partial charge < -0.3 is 9.64 Å². The maximum atomic E-state index is 12.5. The van der Waals surface area contributed by atoms with Gasteiger partial charge in [0, 0.05) is 26.2 Å². The first-order chi connectivity index (χ1) is 10.7. The number of ether oxygens (including phenoxy) is 1. The molecule has 0 aromatic heterocycles. The summed E-state index contributed by atoms with van der Waals surface area (Å²) in [4.78, 5) is 2.16. The fourth-order valence-electron chi connectivity index (χ4n) is 2.47. The third-order valence-electron chi connectivity index (χ3n) is 3.57. The zero-order valence-corrected chi connectivity index (χ0v) is 13.5. The number of hydrogen-bond donors (Lipinski definition) is 0. The Morgan fingerprint density at radius 3 is 2.13 bits per heavy atom. The molecular formula is C14H19F3N2O3S. The van der Waals surface area contributed by atoms with Gasteiger partial charge in [0.15, 0.2) is 0 Å². The molecule has 9 heteroatoms. The quantitative estimate of drug-likeness (QED) is 0.816. The van der Waals surface area contributed by atoms with E-state index in [0.717, 1.165) is 37.2 Å². The van der Waals surface area contributed by atoms with E-state index in [2.05, 4.69) is 16.6 Å². The molecule has 0 unspecified atom stereocenters. The second-order valence-corrected chi connectivity index (χ2v) is 7.20. The van der Waals surface area contributed by atoms with Crippen molar-refractivity contribution in [2.45, 2.75) is 24.6 Å². The van der Waals surface area contributed by atoms with E-state index in [1.165, 1.54) is 4.31 Å². The van der Waals surface area contributed by atoms with Crippen molar-refractivity contribution in [2.75, 3.05) is 32.7 Å². The summed E-state index contributed by atoms with van der Waals surface area (Å²) in [5.41, 5.74) is 0. The van der Waals surface area contributed by atoms with Crippen molar-refractivity contribution < 1.29 is 26.3 Å². The first kappa shape index (κ1) is 18.0. The van der Waals surface area contributed by atoms with Crippen LogP contribution in [-0.2, 0) is 10.0 Å². The second-order valence-electron chi connectivity index (χ2n) is 5.26. The lowest BCUT2D eigenvalue weighted by atomic mass is 10.3. The highest BCUT2D eigenvalue weighted by Gasteiger charge is 2.32. The molecule has 130 valence electrons. The van der Waals surface area contributed by atoms with Crippen molar-refractivity contribution in [3.63, 3.8) is 0 Å². The average Bonchev–Trinajstić information content (AvgIpc) is 2.47. The summed E-state index contributed by atoms with van der Waals surface area (Å²) in [6.45, 7) is 5.06. The highest BCUT2D eigenvalue weighted by molar-refractivity contribution is 7.89. The number of rotatable bonds is 5. The normalized spacial score (nSPS) is 18.1. The highest BCUT2D eigenvalue weighted by atomic mass is 32.2. The zero-order valence-electron chi connectivity index (χ0n) is 12.7. The Hall–Kier alpha value is -1.32. The van der Waals surface area contributed by atoms with Crippen molar-refractivity contribution in [3.8, 4) is 5.75 Å². The van der Waals surface area contributed by atoms with Crippen LogP contribution in [0.25, 0.3) is 0 Å². The molecule has 0 amide bonds. The van der Waals surface area contributed by atoms with E-state index in [9.17, 15) is 21.6 Å². The zero-order chi connectivity index (χ0) is 17.1. The third kappa shape index (κ3) is 4.82. The molecular weight excluding hydrogens is 333 g/mol. The van der Waals surface area contributed by atoms with Crippen LogP contribution in [0.3, 0.4) is 0 Å². The Kier molecular flexibility index (Phi) is 5.53. The smallest absolute Gasteiger partial charge is 0.406 e. The second kappa shape index (κ2) is 7.06. The summed E-state index contributed by atoms with van der Waals surface area (Å²) >= 11 is 0. The van der Waals surface area contributed by atoms with Crippen LogP contribution in [0.5, 0.6) is 5.75 Å². The van der Waals surface area contributed by atoms with Crippen molar-refractivity contribution in [2.24, 2.45) is 0 Å². The van der Waals surface area contributed by atoms with E-state index in [1.807, 2.05) is 0 Å². The lowest BCUT2D eigenvalue weighted by molar-refractivity contribution is -0.274. The SMILES string of the molecule is CCCN1CCN(S(=O)(=O)c2ccc(OC(F)(F)F)cc2)CC1. The molecule has 0 spiro atoms. The van der Waals surface area contributed by atoms with Crippen LogP contribution >= 0.6 is 0 Å². The molecule has 0 bridgehead atoms. The first-order valence-corrected chi connectivity index (χ1v) is 8.74. The van der Waals surface area contributed by atoms with Gasteiger partial charge in [0.2, 0.25) is 10.0 Å². The Morgan fingerprint density at radius 1 is 1.09 bits per heavy atom. The molecule has 23 heavy (non-hydrogen) atoms. The molecule has 1 aromatic rings. The van der Waals surface area contributed by atoms with E-state index >= 15 is 0 Å². The molecule has 1 heterocycles. The van der Waals surface area contributed by atoms with Gasteiger partial charge in [0.05, 0.1) is 4.90 Å². The molecule has 0 N–H and O–H groups in total. The Bertz CT molecular complexity index is 609. The van der Waals surface area contributed by atoms with Gasteiger partial charge >= 0.3 is 6.36 Å². The maximum Gasteiger partial charge on any atom is 0.573 e. The van der Waals surface area contributed by atoms with Crippen LogP contribution in [-0.4, -0.2) is 56.7 Å². The largest absolute Gasteiger partial charge is 0.573 e.